The van der Waals surface area contributed by atoms with Crippen molar-refractivity contribution >= 4 is 29.7 Å². The Bertz CT molecular complexity index is 3100. The molecule has 3 fully saturated rings. The number of aliphatic carboxylic acids is 2. The topological polar surface area (TPSA) is 213 Å². The van der Waals surface area contributed by atoms with Crippen molar-refractivity contribution in [1.29, 1.82) is 0 Å². The van der Waals surface area contributed by atoms with Gasteiger partial charge in [-0.1, -0.05) is 114 Å². The monoisotopic (exact) mass is 1430 g/mol. The second-order valence-corrected chi connectivity index (χ2v) is 28.7. The van der Waals surface area contributed by atoms with Crippen LogP contribution in [0, 0.1) is 35.2 Å². The lowest BCUT2D eigenvalue weighted by Gasteiger charge is -2.37. The van der Waals surface area contributed by atoms with Crippen molar-refractivity contribution in [3.63, 3.8) is 0 Å². The molecule has 0 aliphatic carbocycles. The molecule has 562 valence electrons. The van der Waals surface area contributed by atoms with Crippen LogP contribution in [0.5, 0.6) is 17.2 Å². The SMILES string of the molecule is CC(C)COc1ccc(CCC(=O)N(Cc2ccc(F)cc2)C2CCN(C)CC2)cc1.CC(C)COc1ccc(CCC(=O)N(Cc2ccc(F)cc2)C2CCN(C)CC2)cc1.CC(C)COc1ccc(CCC(=O)N(Cc2ccc(F)cc2)C2CCN(C)CC2)cc1.O=C(O)[C@H](O)[C@@H](O)C(=O)O. The van der Waals surface area contributed by atoms with Crippen LogP contribution in [-0.4, -0.2) is 190 Å². The number of carbonyl (C=O) groups is 5. The number of ether oxygens (including phenoxy) is 3. The molecule has 3 amide bonds. The molecule has 21 heteroatoms. The van der Waals surface area contributed by atoms with Crippen molar-refractivity contribution in [1.82, 2.24) is 29.4 Å². The van der Waals surface area contributed by atoms with Gasteiger partial charge in [0.25, 0.3) is 0 Å². The molecular weight excluding hydrogens is 1320 g/mol. The van der Waals surface area contributed by atoms with Gasteiger partial charge >= 0.3 is 11.9 Å². The van der Waals surface area contributed by atoms with Crippen LogP contribution in [0.25, 0.3) is 0 Å². The van der Waals surface area contributed by atoms with Crippen LogP contribution in [0.3, 0.4) is 0 Å². The maximum absolute atomic E-state index is 13.3. The van der Waals surface area contributed by atoms with Gasteiger partial charge in [-0.25, -0.2) is 22.8 Å². The summed E-state index contributed by atoms with van der Waals surface area (Å²) in [6, 6.07) is 44.3. The molecule has 6 aromatic rings. The Morgan fingerprint density at radius 1 is 0.369 bits per heavy atom. The molecule has 0 aromatic heterocycles. The Balaban J connectivity index is 0.000000227. The quantitative estimate of drug-likeness (QED) is 0.0330. The summed E-state index contributed by atoms with van der Waals surface area (Å²) in [5.74, 6) is 0.290. The summed E-state index contributed by atoms with van der Waals surface area (Å²) in [7, 11) is 6.37. The summed E-state index contributed by atoms with van der Waals surface area (Å²) in [5, 5.41) is 32.5. The third kappa shape index (κ3) is 30.9. The van der Waals surface area contributed by atoms with Crippen LogP contribution < -0.4 is 14.2 Å². The predicted octanol–water partition coefficient (Wildman–Crippen LogP) is 12.6. The van der Waals surface area contributed by atoms with Crippen molar-refractivity contribution < 1.29 is 71.8 Å². The molecule has 2 atom stereocenters. The summed E-state index contributed by atoms with van der Waals surface area (Å²) in [4.78, 5) is 72.2. The van der Waals surface area contributed by atoms with E-state index in [9.17, 15) is 37.1 Å². The number of carboxylic acids is 2. The number of carbonyl (C=O) groups excluding carboxylic acids is 3. The molecule has 3 aliphatic heterocycles. The van der Waals surface area contributed by atoms with E-state index in [2.05, 4.69) is 77.4 Å². The number of amides is 3. The van der Waals surface area contributed by atoms with Gasteiger partial charge in [0.15, 0.2) is 12.2 Å². The fraction of sp³-hybridized carbons (Fsp3) is 0.500. The third-order valence-electron chi connectivity index (χ3n) is 18.4. The van der Waals surface area contributed by atoms with Gasteiger partial charge in [-0.2, -0.15) is 0 Å². The first-order valence-corrected chi connectivity index (χ1v) is 36.3. The average Bonchev–Trinajstić information content (AvgIpc) is 0.853. The Hall–Kier alpha value is -8.34. The Labute approximate surface area is 608 Å². The van der Waals surface area contributed by atoms with Crippen LogP contribution in [0.2, 0.25) is 0 Å². The molecule has 0 spiro atoms. The van der Waals surface area contributed by atoms with Gasteiger partial charge in [0.2, 0.25) is 17.7 Å². The number of aliphatic hydroxyl groups is 2. The molecule has 6 aromatic carbocycles. The average molecular weight is 1430 g/mol. The normalized spacial score (nSPS) is 15.3. The second kappa shape index (κ2) is 43.7. The number of aryl methyl sites for hydroxylation is 3. The highest BCUT2D eigenvalue weighted by Gasteiger charge is 2.32. The van der Waals surface area contributed by atoms with Gasteiger partial charge in [0.05, 0.1) is 19.8 Å². The van der Waals surface area contributed by atoms with Gasteiger partial charge in [-0.15, -0.1) is 0 Å². The molecule has 18 nitrogen and oxygen atoms in total. The number of piperidine rings is 3. The number of likely N-dealkylation sites (tertiary alicyclic amines) is 3. The van der Waals surface area contributed by atoms with E-state index in [1.807, 2.05) is 87.5 Å². The van der Waals surface area contributed by atoms with Gasteiger partial charge in [0, 0.05) is 57.0 Å². The molecule has 103 heavy (non-hydrogen) atoms. The van der Waals surface area contributed by atoms with Crippen molar-refractivity contribution in [2.75, 3.05) is 80.2 Å². The molecule has 0 radical (unpaired) electrons. The Morgan fingerprint density at radius 3 is 0.767 bits per heavy atom. The van der Waals surface area contributed by atoms with Crippen molar-refractivity contribution in [2.45, 2.75) is 169 Å². The van der Waals surface area contributed by atoms with Crippen LogP contribution >= 0.6 is 0 Å². The van der Waals surface area contributed by atoms with Crippen LogP contribution in [-0.2, 0) is 62.9 Å². The van der Waals surface area contributed by atoms with Gasteiger partial charge in [-0.3, -0.25) is 14.4 Å². The minimum atomic E-state index is -2.27. The largest absolute Gasteiger partial charge is 0.493 e. The maximum atomic E-state index is 13.3. The maximum Gasteiger partial charge on any atom is 0.335 e. The van der Waals surface area contributed by atoms with E-state index >= 15 is 0 Å². The van der Waals surface area contributed by atoms with Crippen molar-refractivity contribution in [3.8, 4) is 17.2 Å². The molecule has 0 bridgehead atoms. The molecule has 3 saturated heterocycles. The summed E-state index contributed by atoms with van der Waals surface area (Å²) in [5.41, 5.74) is 6.32. The van der Waals surface area contributed by atoms with Gasteiger partial charge in [0.1, 0.15) is 34.7 Å². The lowest BCUT2D eigenvalue weighted by molar-refractivity contribution is -0.165. The Kier molecular flexibility index (Phi) is 35.5. The number of carboxylic acid groups (broad SMARTS) is 2. The van der Waals surface area contributed by atoms with Crippen LogP contribution in [0.15, 0.2) is 146 Å². The van der Waals surface area contributed by atoms with Crippen molar-refractivity contribution in [3.05, 3.63) is 196 Å². The predicted molar refractivity (Wildman–Crippen MR) is 395 cm³/mol. The van der Waals surface area contributed by atoms with Crippen LogP contribution in [0.4, 0.5) is 13.2 Å². The minimum Gasteiger partial charge on any atom is -0.493 e. The summed E-state index contributed by atoms with van der Waals surface area (Å²) in [6.45, 7) is 22.5. The molecule has 9 rings (SSSR count). The van der Waals surface area contributed by atoms with Gasteiger partial charge in [-0.05, 0) is 242 Å². The minimum absolute atomic E-state index is 0.166. The fourth-order valence-electron chi connectivity index (χ4n) is 12.0. The third-order valence-corrected chi connectivity index (χ3v) is 18.4. The summed E-state index contributed by atoms with van der Waals surface area (Å²) < 4.78 is 57.2. The highest BCUT2D eigenvalue weighted by molar-refractivity contribution is 5.83. The van der Waals surface area contributed by atoms with E-state index in [0.717, 1.165) is 128 Å². The summed E-state index contributed by atoms with van der Waals surface area (Å²) >= 11 is 0. The number of benzene rings is 6. The number of hydrogen-bond donors (Lipinski definition) is 4. The van der Waals surface area contributed by atoms with E-state index in [4.69, 9.17) is 34.6 Å². The van der Waals surface area contributed by atoms with E-state index in [1.54, 1.807) is 36.4 Å². The fourth-order valence-corrected chi connectivity index (χ4v) is 12.0. The molecular formula is C82H111F3N6O12. The van der Waals surface area contributed by atoms with Crippen LogP contribution in [0.1, 0.15) is 133 Å². The molecule has 3 aliphatic rings. The number of nitrogens with zero attached hydrogens (tertiary/aromatic N) is 6. The first-order chi connectivity index (χ1) is 49.2. The zero-order valence-corrected chi connectivity index (χ0v) is 61.8. The smallest absolute Gasteiger partial charge is 0.335 e. The lowest BCUT2D eigenvalue weighted by atomic mass is 10.0. The van der Waals surface area contributed by atoms with E-state index in [-0.39, 0.29) is 53.3 Å². The molecule has 0 unspecified atom stereocenters. The lowest BCUT2D eigenvalue weighted by Crippen LogP contribution is -2.46. The highest BCUT2D eigenvalue weighted by atomic mass is 19.1. The second-order valence-electron chi connectivity index (χ2n) is 28.7. The first-order valence-electron chi connectivity index (χ1n) is 36.3. The summed E-state index contributed by atoms with van der Waals surface area (Å²) in [6.07, 6.45) is 4.86. The van der Waals surface area contributed by atoms with E-state index < -0.39 is 24.1 Å². The molecule has 0 saturated carbocycles. The first kappa shape index (κ1) is 83.6. The number of hydrogen-bond acceptors (Lipinski definition) is 13. The zero-order valence-electron chi connectivity index (χ0n) is 61.8. The number of halogens is 3. The van der Waals surface area contributed by atoms with E-state index in [1.165, 1.54) is 36.4 Å². The Morgan fingerprint density at radius 2 is 0.573 bits per heavy atom. The number of rotatable bonds is 30. The van der Waals surface area contributed by atoms with E-state index in [0.29, 0.717) is 95.7 Å². The zero-order chi connectivity index (χ0) is 75.0. The highest BCUT2D eigenvalue weighted by Crippen LogP contribution is 2.26. The molecule has 3 heterocycles. The van der Waals surface area contributed by atoms with Crippen molar-refractivity contribution in [2.24, 2.45) is 17.8 Å². The number of aliphatic hydroxyl groups excluding tert-OH is 2. The standard InChI is InChI=1S/3C26H35FN2O2.C4H6O6/c3*1-20(2)19-31-25-11-6-21(7-12-25)8-13-26(30)29(24-14-16-28(3)17-15-24)18-22-4-9-23(27)10-5-22;5-1(3(7)8)2(6)4(9)10/h3*4-7,9-12,20,24H,8,13-19H2,1-3H3;1-2,5-6H,(H,7,8)(H,9,10)/t;;;1-,2-/m...1/s1. The molecule has 4 N–H and O–H groups in total. The van der Waals surface area contributed by atoms with Gasteiger partial charge < -0.3 is 64.0 Å².